The van der Waals surface area contributed by atoms with E-state index in [1.54, 1.807) is 12.1 Å². The van der Waals surface area contributed by atoms with E-state index < -0.39 is 10.0 Å². The standard InChI is InChI=1S/C20H28N4O2S/c1-3-23(18-8-6-7-17(2)15-18)14-11-21-20-10-9-19(16-22-20)27(25,26)24-12-4-5-13-24/h6-10,15-16H,3-5,11-14H2,1-2H3,(H,21,22). The van der Waals surface area contributed by atoms with Crippen LogP contribution in [0.3, 0.4) is 0 Å². The van der Waals surface area contributed by atoms with Gasteiger partial charge in [-0.2, -0.15) is 4.31 Å². The summed E-state index contributed by atoms with van der Waals surface area (Å²) in [5, 5.41) is 3.28. The molecule has 0 amide bonds. The molecule has 0 atom stereocenters. The van der Waals surface area contributed by atoms with E-state index in [0.29, 0.717) is 18.9 Å². The van der Waals surface area contributed by atoms with E-state index in [2.05, 4.69) is 53.3 Å². The zero-order chi connectivity index (χ0) is 19.3. The molecule has 146 valence electrons. The highest BCUT2D eigenvalue weighted by molar-refractivity contribution is 7.89. The van der Waals surface area contributed by atoms with Crippen LogP contribution >= 0.6 is 0 Å². The summed E-state index contributed by atoms with van der Waals surface area (Å²) in [6.45, 7) is 7.94. The van der Waals surface area contributed by atoms with Crippen LogP contribution in [0, 0.1) is 6.92 Å². The molecule has 1 saturated heterocycles. The Morgan fingerprint density at radius 2 is 1.96 bits per heavy atom. The van der Waals surface area contributed by atoms with E-state index in [1.165, 1.54) is 21.8 Å². The minimum absolute atomic E-state index is 0.268. The summed E-state index contributed by atoms with van der Waals surface area (Å²) in [5.41, 5.74) is 2.45. The molecule has 27 heavy (non-hydrogen) atoms. The number of nitrogens with zero attached hydrogens (tertiary/aromatic N) is 3. The Balaban J connectivity index is 1.57. The quantitative estimate of drug-likeness (QED) is 0.753. The predicted molar refractivity (Wildman–Crippen MR) is 110 cm³/mol. The number of benzene rings is 1. The molecule has 1 fully saturated rings. The number of likely N-dealkylation sites (N-methyl/N-ethyl adjacent to an activating group) is 1. The van der Waals surface area contributed by atoms with Gasteiger partial charge in [-0.05, 0) is 56.5 Å². The third-order valence-electron chi connectivity index (χ3n) is 4.88. The Kier molecular flexibility index (Phi) is 6.34. The summed E-state index contributed by atoms with van der Waals surface area (Å²) in [6.07, 6.45) is 3.32. The number of aryl methyl sites for hydroxylation is 1. The van der Waals surface area contributed by atoms with Gasteiger partial charge in [-0.1, -0.05) is 12.1 Å². The third kappa shape index (κ3) is 4.78. The molecule has 0 aliphatic carbocycles. The molecular weight excluding hydrogens is 360 g/mol. The van der Waals surface area contributed by atoms with Crippen molar-refractivity contribution >= 4 is 21.5 Å². The highest BCUT2D eigenvalue weighted by Crippen LogP contribution is 2.21. The van der Waals surface area contributed by atoms with Crippen molar-refractivity contribution in [3.63, 3.8) is 0 Å². The number of rotatable bonds is 8. The number of sulfonamides is 1. The largest absolute Gasteiger partial charge is 0.370 e. The molecule has 1 aliphatic heterocycles. The van der Waals surface area contributed by atoms with Gasteiger partial charge >= 0.3 is 0 Å². The average molecular weight is 389 g/mol. The molecule has 0 unspecified atom stereocenters. The fraction of sp³-hybridized carbons (Fsp3) is 0.450. The zero-order valence-corrected chi connectivity index (χ0v) is 16.9. The van der Waals surface area contributed by atoms with Crippen molar-refractivity contribution in [3.05, 3.63) is 48.2 Å². The molecule has 1 N–H and O–H groups in total. The van der Waals surface area contributed by atoms with Crippen LogP contribution in [0.25, 0.3) is 0 Å². The van der Waals surface area contributed by atoms with Crippen molar-refractivity contribution in [1.82, 2.24) is 9.29 Å². The van der Waals surface area contributed by atoms with Crippen LogP contribution in [-0.2, 0) is 10.0 Å². The minimum atomic E-state index is -3.40. The third-order valence-corrected chi connectivity index (χ3v) is 6.76. The molecule has 3 rings (SSSR count). The van der Waals surface area contributed by atoms with Gasteiger partial charge in [0.15, 0.2) is 0 Å². The summed E-state index contributed by atoms with van der Waals surface area (Å²) in [5.74, 6) is 0.690. The van der Waals surface area contributed by atoms with Crippen LogP contribution in [0.2, 0.25) is 0 Å². The molecule has 2 aromatic rings. The molecule has 0 bridgehead atoms. The van der Waals surface area contributed by atoms with E-state index in [0.717, 1.165) is 32.5 Å². The lowest BCUT2D eigenvalue weighted by Crippen LogP contribution is -2.29. The van der Waals surface area contributed by atoms with Crippen molar-refractivity contribution in [2.75, 3.05) is 42.9 Å². The second-order valence-corrected chi connectivity index (χ2v) is 8.77. The highest BCUT2D eigenvalue weighted by atomic mass is 32.2. The Bertz CT molecular complexity index is 847. The molecule has 0 saturated carbocycles. The van der Waals surface area contributed by atoms with E-state index in [1.807, 2.05) is 0 Å². The van der Waals surface area contributed by atoms with Gasteiger partial charge < -0.3 is 10.2 Å². The summed E-state index contributed by atoms with van der Waals surface area (Å²) in [7, 11) is -3.40. The molecule has 2 heterocycles. The first-order valence-corrected chi connectivity index (χ1v) is 11.0. The Labute approximate surface area is 162 Å². The SMILES string of the molecule is CCN(CCNc1ccc(S(=O)(=O)N2CCCC2)cn1)c1cccc(C)c1. The minimum Gasteiger partial charge on any atom is -0.370 e. The molecule has 7 heteroatoms. The van der Waals surface area contributed by atoms with Crippen LogP contribution in [-0.4, -0.2) is 50.4 Å². The van der Waals surface area contributed by atoms with Crippen molar-refractivity contribution in [2.45, 2.75) is 31.6 Å². The van der Waals surface area contributed by atoms with Gasteiger partial charge in [-0.15, -0.1) is 0 Å². The van der Waals surface area contributed by atoms with Gasteiger partial charge in [0.2, 0.25) is 10.0 Å². The topological polar surface area (TPSA) is 65.5 Å². The van der Waals surface area contributed by atoms with Gasteiger partial charge in [-0.3, -0.25) is 0 Å². The molecule has 0 radical (unpaired) electrons. The van der Waals surface area contributed by atoms with Crippen molar-refractivity contribution in [1.29, 1.82) is 0 Å². The molecule has 0 spiro atoms. The summed E-state index contributed by atoms with van der Waals surface area (Å²) in [4.78, 5) is 6.86. The van der Waals surface area contributed by atoms with Crippen LogP contribution in [0.15, 0.2) is 47.5 Å². The van der Waals surface area contributed by atoms with Crippen molar-refractivity contribution in [2.24, 2.45) is 0 Å². The summed E-state index contributed by atoms with van der Waals surface area (Å²) >= 11 is 0. The molecule has 1 aliphatic rings. The maximum absolute atomic E-state index is 12.5. The van der Waals surface area contributed by atoms with Gasteiger partial charge in [-0.25, -0.2) is 13.4 Å². The number of pyridine rings is 1. The van der Waals surface area contributed by atoms with Crippen molar-refractivity contribution < 1.29 is 8.42 Å². The molecule has 6 nitrogen and oxygen atoms in total. The maximum Gasteiger partial charge on any atom is 0.244 e. The molecule has 1 aromatic carbocycles. The van der Waals surface area contributed by atoms with E-state index >= 15 is 0 Å². The van der Waals surface area contributed by atoms with Crippen LogP contribution < -0.4 is 10.2 Å². The Morgan fingerprint density at radius 1 is 1.19 bits per heavy atom. The van der Waals surface area contributed by atoms with E-state index in [4.69, 9.17) is 0 Å². The van der Waals surface area contributed by atoms with Gasteiger partial charge in [0.25, 0.3) is 0 Å². The average Bonchev–Trinajstić information content (AvgIpc) is 3.21. The highest BCUT2D eigenvalue weighted by Gasteiger charge is 2.27. The van der Waals surface area contributed by atoms with Crippen LogP contribution in [0.4, 0.5) is 11.5 Å². The number of hydrogen-bond acceptors (Lipinski definition) is 5. The van der Waals surface area contributed by atoms with Crippen LogP contribution in [0.1, 0.15) is 25.3 Å². The lowest BCUT2D eigenvalue weighted by atomic mass is 10.2. The van der Waals surface area contributed by atoms with E-state index in [-0.39, 0.29) is 4.90 Å². The lowest BCUT2D eigenvalue weighted by molar-refractivity contribution is 0.477. The molecular formula is C20H28N4O2S. The second kappa shape index (κ2) is 8.71. The first-order valence-electron chi connectivity index (χ1n) is 9.52. The Morgan fingerprint density at radius 3 is 2.59 bits per heavy atom. The smallest absolute Gasteiger partial charge is 0.244 e. The normalized spacial score (nSPS) is 15.0. The zero-order valence-electron chi connectivity index (χ0n) is 16.1. The first-order chi connectivity index (χ1) is 13.0. The number of aromatic nitrogens is 1. The first kappa shape index (κ1) is 19.6. The number of nitrogens with one attached hydrogen (secondary N) is 1. The monoisotopic (exact) mass is 388 g/mol. The van der Waals surface area contributed by atoms with Gasteiger partial charge in [0, 0.05) is 44.6 Å². The van der Waals surface area contributed by atoms with Gasteiger partial charge in [0.1, 0.15) is 10.7 Å². The van der Waals surface area contributed by atoms with E-state index in [9.17, 15) is 8.42 Å². The fourth-order valence-electron chi connectivity index (χ4n) is 3.33. The molecule has 1 aromatic heterocycles. The summed E-state index contributed by atoms with van der Waals surface area (Å²) < 4.78 is 26.6. The summed E-state index contributed by atoms with van der Waals surface area (Å²) in [6, 6.07) is 11.8. The Hall–Kier alpha value is -2.12. The van der Waals surface area contributed by atoms with Crippen LogP contribution in [0.5, 0.6) is 0 Å². The van der Waals surface area contributed by atoms with Crippen molar-refractivity contribution in [3.8, 4) is 0 Å². The predicted octanol–water partition coefficient (Wildman–Crippen LogP) is 3.11. The number of hydrogen-bond donors (Lipinski definition) is 1. The fourth-order valence-corrected chi connectivity index (χ4v) is 4.79. The van der Waals surface area contributed by atoms with Gasteiger partial charge in [0.05, 0.1) is 0 Å². The second-order valence-electron chi connectivity index (χ2n) is 6.84. The maximum atomic E-state index is 12.5. The lowest BCUT2D eigenvalue weighted by Gasteiger charge is -2.23. The number of anilines is 2.